The van der Waals surface area contributed by atoms with Crippen LogP contribution >= 0.6 is 0 Å². The average molecular weight is 527 g/mol. The van der Waals surface area contributed by atoms with Crippen LogP contribution in [-0.4, -0.2) is 35.3 Å². The number of anilines is 1. The lowest BCUT2D eigenvalue weighted by Gasteiger charge is -2.26. The van der Waals surface area contributed by atoms with E-state index in [1.165, 1.54) is 31.6 Å². The van der Waals surface area contributed by atoms with E-state index in [2.05, 4.69) is 9.72 Å². The molecule has 10 heteroatoms. The van der Waals surface area contributed by atoms with Gasteiger partial charge >= 0.3 is 6.36 Å². The molecule has 7 nitrogen and oxygen atoms in total. The van der Waals surface area contributed by atoms with Gasteiger partial charge in [0.2, 0.25) is 0 Å². The van der Waals surface area contributed by atoms with E-state index in [0.29, 0.717) is 22.4 Å². The van der Waals surface area contributed by atoms with Gasteiger partial charge in [0.05, 0.1) is 18.7 Å². The molecule has 1 fully saturated rings. The number of aryl methyl sites for hydroxylation is 1. The summed E-state index contributed by atoms with van der Waals surface area (Å²) in [6.07, 6.45) is -2.04. The number of ketones is 1. The molecule has 1 aliphatic heterocycles. The van der Waals surface area contributed by atoms with Crippen molar-refractivity contribution in [2.24, 2.45) is 0 Å². The Balaban J connectivity index is 1.94. The summed E-state index contributed by atoms with van der Waals surface area (Å²) in [5.74, 6) is -2.32. The normalized spacial score (nSPS) is 17.3. The lowest BCUT2D eigenvalue weighted by molar-refractivity contribution is -0.274. The number of alkyl halides is 3. The number of Topliss-reactive ketones (excluding diaryl/α,β-unsaturated/α-hetero) is 1. The number of aromatic nitrogens is 1. The van der Waals surface area contributed by atoms with E-state index in [0.717, 1.165) is 22.6 Å². The second-order valence-corrected chi connectivity index (χ2v) is 9.06. The van der Waals surface area contributed by atoms with Crippen LogP contribution < -0.4 is 14.4 Å². The van der Waals surface area contributed by atoms with E-state index < -0.39 is 35.6 Å². The lowest BCUT2D eigenvalue weighted by Crippen LogP contribution is -2.29. The van der Waals surface area contributed by atoms with Crippen LogP contribution in [0.2, 0.25) is 0 Å². The fourth-order valence-electron chi connectivity index (χ4n) is 4.52. The quantitative estimate of drug-likeness (QED) is 0.239. The van der Waals surface area contributed by atoms with E-state index >= 15 is 0 Å². The summed E-state index contributed by atoms with van der Waals surface area (Å²) in [5, 5.41) is 11.5. The lowest BCUT2D eigenvalue weighted by atomic mass is 9.91. The van der Waals surface area contributed by atoms with Gasteiger partial charge in [0.15, 0.2) is 0 Å². The van der Waals surface area contributed by atoms with Gasteiger partial charge in [-0.2, -0.15) is 0 Å². The summed E-state index contributed by atoms with van der Waals surface area (Å²) >= 11 is 0. The molecule has 1 unspecified atom stereocenters. The number of benzene rings is 2. The molecule has 1 N–H and O–H groups in total. The number of nitrogens with zero attached hydrogens (tertiary/aromatic N) is 2. The summed E-state index contributed by atoms with van der Waals surface area (Å²) < 4.78 is 48.0. The van der Waals surface area contributed by atoms with Crippen molar-refractivity contribution in [2.45, 2.75) is 39.1 Å². The number of amides is 1. The van der Waals surface area contributed by atoms with Gasteiger partial charge in [0.25, 0.3) is 11.7 Å². The van der Waals surface area contributed by atoms with Crippen LogP contribution in [0.15, 0.2) is 66.5 Å². The number of hydrogen-bond donors (Lipinski definition) is 1. The molecule has 1 amide bonds. The first-order valence-corrected chi connectivity index (χ1v) is 11.7. The molecule has 0 radical (unpaired) electrons. The number of halogens is 3. The standard InChI is InChI=1S/C28H25F3N2O5/c1-15(2)20-14-21(16(3)12-22(20)37-4)25(34)23-24(17-8-10-32-11-9-17)33(27(36)26(23)35)18-6-5-7-19(13-18)38-28(29,30)31/h5-15,24,34H,1-4H3/b25-23+. The molecule has 1 aliphatic rings. The first kappa shape index (κ1) is 26.7. The summed E-state index contributed by atoms with van der Waals surface area (Å²) in [7, 11) is 1.53. The maximum atomic E-state index is 13.4. The molecular formula is C28H25F3N2O5. The Kier molecular flexibility index (Phi) is 7.17. The van der Waals surface area contributed by atoms with Gasteiger partial charge in [-0.3, -0.25) is 19.5 Å². The van der Waals surface area contributed by atoms with Crippen molar-refractivity contribution in [3.63, 3.8) is 0 Å². The Morgan fingerprint density at radius 1 is 1.08 bits per heavy atom. The Bertz CT molecular complexity index is 1420. The van der Waals surface area contributed by atoms with Crippen LogP contribution in [0.25, 0.3) is 5.76 Å². The molecule has 3 aromatic rings. The third-order valence-electron chi connectivity index (χ3n) is 6.25. The molecule has 1 aromatic heterocycles. The second kappa shape index (κ2) is 10.2. The van der Waals surface area contributed by atoms with Crippen molar-refractivity contribution < 1.29 is 37.3 Å². The third kappa shape index (κ3) is 5.06. The topological polar surface area (TPSA) is 89.0 Å². The minimum absolute atomic E-state index is 0.0102. The highest BCUT2D eigenvalue weighted by atomic mass is 19.4. The molecule has 1 saturated heterocycles. The minimum Gasteiger partial charge on any atom is -0.507 e. The second-order valence-electron chi connectivity index (χ2n) is 9.06. The van der Waals surface area contributed by atoms with Gasteiger partial charge in [-0.15, -0.1) is 13.2 Å². The van der Waals surface area contributed by atoms with Gasteiger partial charge in [-0.1, -0.05) is 19.9 Å². The maximum Gasteiger partial charge on any atom is 0.573 e. The average Bonchev–Trinajstić information content (AvgIpc) is 3.13. The predicted molar refractivity (Wildman–Crippen MR) is 134 cm³/mol. The van der Waals surface area contributed by atoms with Crippen LogP contribution in [0.5, 0.6) is 11.5 Å². The van der Waals surface area contributed by atoms with Crippen molar-refractivity contribution in [3.05, 3.63) is 88.8 Å². The molecular weight excluding hydrogens is 501 g/mol. The van der Waals surface area contributed by atoms with E-state index in [1.807, 2.05) is 13.8 Å². The highest BCUT2D eigenvalue weighted by molar-refractivity contribution is 6.51. The maximum absolute atomic E-state index is 13.4. The molecule has 0 saturated carbocycles. The zero-order valence-corrected chi connectivity index (χ0v) is 21.0. The van der Waals surface area contributed by atoms with E-state index in [1.54, 1.807) is 31.2 Å². The molecule has 2 aromatic carbocycles. The SMILES string of the molecule is COc1cc(C)c(/C(O)=C2\C(=O)C(=O)N(c3cccc(OC(F)(F)F)c3)C2c2ccncc2)cc1C(C)C. The van der Waals surface area contributed by atoms with Crippen LogP contribution in [0.3, 0.4) is 0 Å². The number of carbonyl (C=O) groups excluding carboxylic acids is 2. The largest absolute Gasteiger partial charge is 0.573 e. The van der Waals surface area contributed by atoms with Gasteiger partial charge < -0.3 is 14.6 Å². The fraction of sp³-hybridized carbons (Fsp3) is 0.250. The Hall–Kier alpha value is -4.34. The van der Waals surface area contributed by atoms with Gasteiger partial charge in [0, 0.05) is 29.7 Å². The number of methoxy groups -OCH3 is 1. The molecule has 38 heavy (non-hydrogen) atoms. The first-order chi connectivity index (χ1) is 17.9. The molecule has 0 bridgehead atoms. The molecule has 198 valence electrons. The molecule has 0 spiro atoms. The highest BCUT2D eigenvalue weighted by Gasteiger charge is 2.47. The number of aliphatic hydroxyl groups excluding tert-OH is 1. The number of aliphatic hydroxyl groups is 1. The summed E-state index contributed by atoms with van der Waals surface area (Å²) in [5.41, 5.74) is 1.93. The molecule has 2 heterocycles. The summed E-state index contributed by atoms with van der Waals surface area (Å²) in [6, 6.07) is 10.2. The van der Waals surface area contributed by atoms with Crippen LogP contribution in [0.4, 0.5) is 18.9 Å². The zero-order valence-electron chi connectivity index (χ0n) is 21.0. The summed E-state index contributed by atoms with van der Waals surface area (Å²) in [4.78, 5) is 31.7. The smallest absolute Gasteiger partial charge is 0.507 e. The van der Waals surface area contributed by atoms with E-state index in [9.17, 15) is 27.9 Å². The highest BCUT2D eigenvalue weighted by Crippen LogP contribution is 2.44. The molecule has 4 rings (SSSR count). The van der Waals surface area contributed by atoms with Crippen molar-refractivity contribution in [1.29, 1.82) is 0 Å². The van der Waals surface area contributed by atoms with Crippen molar-refractivity contribution >= 4 is 23.1 Å². The number of hydrogen-bond acceptors (Lipinski definition) is 6. The van der Waals surface area contributed by atoms with Gasteiger partial charge in [-0.05, 0) is 65.9 Å². The van der Waals surface area contributed by atoms with Crippen molar-refractivity contribution in [2.75, 3.05) is 12.0 Å². The molecule has 1 atom stereocenters. The third-order valence-corrected chi connectivity index (χ3v) is 6.25. The fourth-order valence-corrected chi connectivity index (χ4v) is 4.52. The van der Waals surface area contributed by atoms with Crippen LogP contribution in [0.1, 0.15) is 48.1 Å². The van der Waals surface area contributed by atoms with Crippen molar-refractivity contribution in [3.8, 4) is 11.5 Å². The van der Waals surface area contributed by atoms with E-state index in [-0.39, 0.29) is 17.2 Å². The number of rotatable bonds is 6. The van der Waals surface area contributed by atoms with Crippen LogP contribution in [0, 0.1) is 6.92 Å². The zero-order chi connectivity index (χ0) is 27.8. The number of carbonyl (C=O) groups is 2. The predicted octanol–water partition coefficient (Wildman–Crippen LogP) is 6.05. The Morgan fingerprint density at radius 3 is 2.37 bits per heavy atom. The molecule has 0 aliphatic carbocycles. The van der Waals surface area contributed by atoms with Crippen molar-refractivity contribution in [1.82, 2.24) is 4.98 Å². The Morgan fingerprint density at radius 2 is 1.76 bits per heavy atom. The van der Waals surface area contributed by atoms with Gasteiger partial charge in [-0.25, -0.2) is 0 Å². The van der Waals surface area contributed by atoms with Crippen LogP contribution in [-0.2, 0) is 9.59 Å². The first-order valence-electron chi connectivity index (χ1n) is 11.7. The Labute approximate surface area is 217 Å². The number of ether oxygens (including phenoxy) is 2. The monoisotopic (exact) mass is 526 g/mol. The van der Waals surface area contributed by atoms with Gasteiger partial charge in [0.1, 0.15) is 17.3 Å². The van der Waals surface area contributed by atoms with E-state index in [4.69, 9.17) is 4.74 Å². The summed E-state index contributed by atoms with van der Waals surface area (Å²) in [6.45, 7) is 5.63. The minimum atomic E-state index is -4.95. The number of pyridine rings is 1.